The molecule has 1 aromatic heterocycles. The molecule has 0 saturated carbocycles. The van der Waals surface area contributed by atoms with E-state index in [9.17, 15) is 0 Å². The fourth-order valence-corrected chi connectivity index (χ4v) is 3.53. The lowest BCUT2D eigenvalue weighted by Gasteiger charge is -2.19. The number of hydrogen-bond donors (Lipinski definition) is 1. The van der Waals surface area contributed by atoms with E-state index in [1.165, 1.54) is 0 Å². The fourth-order valence-electron chi connectivity index (χ4n) is 2.00. The average molecular weight is 391 g/mol. The molecule has 0 amide bonds. The van der Waals surface area contributed by atoms with Crippen LogP contribution in [-0.4, -0.2) is 36.1 Å². The predicted octanol–water partition coefficient (Wildman–Crippen LogP) is 5.20. The second kappa shape index (κ2) is 9.93. The number of benzene rings is 1. The monoisotopic (exact) mass is 389 g/mol. The summed E-state index contributed by atoms with van der Waals surface area (Å²) < 4.78 is 1.03. The molecule has 0 aliphatic heterocycles. The van der Waals surface area contributed by atoms with Crippen LogP contribution in [0.15, 0.2) is 11.6 Å². The van der Waals surface area contributed by atoms with Gasteiger partial charge in [-0.15, -0.1) is 36.2 Å². The Hall–Kier alpha value is 0.0300. The van der Waals surface area contributed by atoms with Crippen LogP contribution < -0.4 is 5.32 Å². The van der Waals surface area contributed by atoms with Crippen LogP contribution in [-0.2, 0) is 0 Å². The zero-order chi connectivity index (χ0) is 13.8. The molecule has 2 aromatic rings. The maximum atomic E-state index is 6.27. The first-order valence-electron chi connectivity index (χ1n) is 6.34. The highest BCUT2D eigenvalue weighted by atomic mass is 35.5. The normalized spacial score (nSPS) is 10.3. The van der Waals surface area contributed by atoms with Crippen molar-refractivity contribution >= 4 is 75.3 Å². The third-order valence-corrected chi connectivity index (χ3v) is 4.57. The molecule has 0 radical (unpaired) electrons. The van der Waals surface area contributed by atoms with Crippen LogP contribution in [0.25, 0.3) is 10.2 Å². The number of rotatable bonds is 6. The molecule has 1 N–H and O–H groups in total. The molecule has 0 atom stereocenters. The molecular weight excluding hydrogens is 372 g/mol. The van der Waals surface area contributed by atoms with Gasteiger partial charge in [0.15, 0.2) is 0 Å². The van der Waals surface area contributed by atoms with E-state index >= 15 is 0 Å². The van der Waals surface area contributed by atoms with E-state index in [4.69, 9.17) is 23.2 Å². The Bertz CT molecular complexity index is 558. The van der Waals surface area contributed by atoms with Crippen LogP contribution in [0.1, 0.15) is 13.8 Å². The third kappa shape index (κ3) is 5.02. The molecule has 0 fully saturated rings. The minimum absolute atomic E-state index is 0. The predicted molar refractivity (Wildman–Crippen MR) is 100 cm³/mol. The van der Waals surface area contributed by atoms with E-state index in [2.05, 4.69) is 29.0 Å². The van der Waals surface area contributed by atoms with Gasteiger partial charge in [0.2, 0.25) is 0 Å². The highest BCUT2D eigenvalue weighted by Gasteiger charge is 2.12. The highest BCUT2D eigenvalue weighted by Crippen LogP contribution is 2.37. The molecule has 0 bridgehead atoms. The average Bonchev–Trinajstić information content (AvgIpc) is 2.87. The van der Waals surface area contributed by atoms with Crippen molar-refractivity contribution in [2.24, 2.45) is 0 Å². The quantitative estimate of drug-likeness (QED) is 0.734. The Morgan fingerprint density at radius 3 is 2.48 bits per heavy atom. The summed E-state index contributed by atoms with van der Waals surface area (Å²) in [6, 6.07) is 1.75. The summed E-state index contributed by atoms with van der Waals surface area (Å²) >= 11 is 14.0. The fraction of sp³-hybridized carbons (Fsp3) is 0.462. The summed E-state index contributed by atoms with van der Waals surface area (Å²) in [6.07, 6.45) is 0. The molecule has 1 heterocycles. The zero-order valence-electron chi connectivity index (χ0n) is 11.9. The lowest BCUT2D eigenvalue weighted by atomic mass is 10.3. The van der Waals surface area contributed by atoms with Crippen molar-refractivity contribution < 1.29 is 0 Å². The third-order valence-electron chi connectivity index (χ3n) is 3.14. The first-order valence-corrected chi connectivity index (χ1v) is 7.98. The van der Waals surface area contributed by atoms with E-state index in [0.29, 0.717) is 10.0 Å². The number of thiazole rings is 1. The van der Waals surface area contributed by atoms with Crippen molar-refractivity contribution in [1.82, 2.24) is 9.88 Å². The van der Waals surface area contributed by atoms with Crippen molar-refractivity contribution in [2.45, 2.75) is 13.8 Å². The van der Waals surface area contributed by atoms with E-state index < -0.39 is 0 Å². The van der Waals surface area contributed by atoms with Crippen LogP contribution in [0.2, 0.25) is 10.0 Å². The minimum Gasteiger partial charge on any atom is -0.381 e. The molecule has 2 rings (SSSR count). The maximum absolute atomic E-state index is 6.27. The van der Waals surface area contributed by atoms with E-state index in [-0.39, 0.29) is 24.8 Å². The number of fused-ring (bicyclic) bond motifs is 1. The Labute approximate surface area is 151 Å². The van der Waals surface area contributed by atoms with Gasteiger partial charge in [-0.3, -0.25) is 0 Å². The van der Waals surface area contributed by atoms with E-state index in [1.54, 1.807) is 22.9 Å². The second-order valence-electron chi connectivity index (χ2n) is 4.20. The van der Waals surface area contributed by atoms with Gasteiger partial charge < -0.3 is 10.2 Å². The van der Waals surface area contributed by atoms with Crippen molar-refractivity contribution in [1.29, 1.82) is 0 Å². The molecule has 3 nitrogen and oxygen atoms in total. The van der Waals surface area contributed by atoms with Gasteiger partial charge >= 0.3 is 0 Å². The lowest BCUT2D eigenvalue weighted by molar-refractivity contribution is 0.316. The van der Waals surface area contributed by atoms with Crippen molar-refractivity contribution in [3.8, 4) is 0 Å². The molecule has 0 unspecified atom stereocenters. The smallest absolute Gasteiger partial charge is 0.102 e. The standard InChI is InChI=1S/C13H17Cl2N3S.2ClH/c1-3-18(4-2)6-5-16-11-9(14)7-10(15)12-13(11)19-8-17-12;;/h7-8,16H,3-6H2,1-2H3;2*1H. The minimum atomic E-state index is 0. The Morgan fingerprint density at radius 1 is 1.19 bits per heavy atom. The van der Waals surface area contributed by atoms with Gasteiger partial charge in [-0.2, -0.15) is 0 Å². The number of anilines is 1. The van der Waals surface area contributed by atoms with Crippen LogP contribution in [0.3, 0.4) is 0 Å². The molecule has 0 spiro atoms. The van der Waals surface area contributed by atoms with Crippen LogP contribution >= 0.6 is 59.4 Å². The molecule has 8 heteroatoms. The summed E-state index contributed by atoms with van der Waals surface area (Å²) in [7, 11) is 0. The Morgan fingerprint density at radius 2 is 1.86 bits per heavy atom. The van der Waals surface area contributed by atoms with Gasteiger partial charge in [0.1, 0.15) is 5.52 Å². The molecule has 21 heavy (non-hydrogen) atoms. The number of aromatic nitrogens is 1. The van der Waals surface area contributed by atoms with Gasteiger partial charge in [-0.05, 0) is 19.2 Å². The van der Waals surface area contributed by atoms with E-state index in [0.717, 1.165) is 42.1 Å². The molecule has 120 valence electrons. The van der Waals surface area contributed by atoms with Crippen LogP contribution in [0.4, 0.5) is 5.69 Å². The largest absolute Gasteiger partial charge is 0.381 e. The van der Waals surface area contributed by atoms with Gasteiger partial charge in [0.25, 0.3) is 0 Å². The molecule has 0 aliphatic rings. The number of halogens is 4. The Kier molecular flexibility index (Phi) is 9.94. The molecule has 1 aromatic carbocycles. The number of nitrogens with zero attached hydrogens (tertiary/aromatic N) is 2. The summed E-state index contributed by atoms with van der Waals surface area (Å²) in [4.78, 5) is 6.63. The van der Waals surface area contributed by atoms with Crippen molar-refractivity contribution in [3.63, 3.8) is 0 Å². The zero-order valence-corrected chi connectivity index (χ0v) is 15.8. The summed E-state index contributed by atoms with van der Waals surface area (Å²) in [5.74, 6) is 0. The first-order chi connectivity index (χ1) is 9.17. The topological polar surface area (TPSA) is 28.2 Å². The maximum Gasteiger partial charge on any atom is 0.102 e. The second-order valence-corrected chi connectivity index (χ2v) is 5.87. The Balaban J connectivity index is 0.00000200. The molecule has 0 saturated heterocycles. The van der Waals surface area contributed by atoms with E-state index in [1.807, 2.05) is 0 Å². The number of likely N-dealkylation sites (N-methyl/N-ethyl adjacent to an activating group) is 1. The summed E-state index contributed by atoms with van der Waals surface area (Å²) in [6.45, 7) is 8.30. The highest BCUT2D eigenvalue weighted by molar-refractivity contribution is 7.17. The molecular formula is C13H19Cl4N3S. The number of hydrogen-bond acceptors (Lipinski definition) is 4. The summed E-state index contributed by atoms with van der Waals surface area (Å²) in [5.41, 5.74) is 3.56. The van der Waals surface area contributed by atoms with Gasteiger partial charge in [-0.25, -0.2) is 4.98 Å². The van der Waals surface area contributed by atoms with Crippen LogP contribution in [0, 0.1) is 0 Å². The van der Waals surface area contributed by atoms with Crippen molar-refractivity contribution in [2.75, 3.05) is 31.5 Å². The van der Waals surface area contributed by atoms with Crippen LogP contribution in [0.5, 0.6) is 0 Å². The SMILES string of the molecule is CCN(CC)CCNc1c(Cl)cc(Cl)c2ncsc12.Cl.Cl. The lowest BCUT2D eigenvalue weighted by Crippen LogP contribution is -2.28. The first kappa shape index (κ1) is 21.0. The summed E-state index contributed by atoms with van der Waals surface area (Å²) in [5, 5.41) is 4.67. The number of nitrogens with one attached hydrogen (secondary N) is 1. The van der Waals surface area contributed by atoms with Gasteiger partial charge in [0, 0.05) is 13.1 Å². The molecule has 0 aliphatic carbocycles. The van der Waals surface area contributed by atoms with Gasteiger partial charge in [0.05, 0.1) is 25.9 Å². The van der Waals surface area contributed by atoms with Crippen molar-refractivity contribution in [3.05, 3.63) is 21.6 Å². The van der Waals surface area contributed by atoms with Gasteiger partial charge in [-0.1, -0.05) is 37.0 Å².